The van der Waals surface area contributed by atoms with Crippen LogP contribution in [0.2, 0.25) is 10.0 Å². The number of carbonyl (C=O) groups is 1. The van der Waals surface area contributed by atoms with Gasteiger partial charge in [0.1, 0.15) is 0 Å². The van der Waals surface area contributed by atoms with Gasteiger partial charge in [-0.2, -0.15) is 0 Å². The lowest BCUT2D eigenvalue weighted by molar-refractivity contribution is 0.0602. The summed E-state index contributed by atoms with van der Waals surface area (Å²) >= 11 is 15.4. The van der Waals surface area contributed by atoms with E-state index in [4.69, 9.17) is 27.9 Å². The number of halogens is 3. The second kappa shape index (κ2) is 7.16. The minimum Gasteiger partial charge on any atom is -0.465 e. The molecule has 0 aromatic heterocycles. The van der Waals surface area contributed by atoms with Gasteiger partial charge in [0.05, 0.1) is 18.4 Å². The molecule has 0 spiro atoms. The highest BCUT2D eigenvalue weighted by molar-refractivity contribution is 9.10. The molecule has 2 aromatic rings. The van der Waals surface area contributed by atoms with Crippen molar-refractivity contribution in [3.8, 4) is 0 Å². The van der Waals surface area contributed by atoms with Crippen molar-refractivity contribution in [1.29, 1.82) is 0 Å². The lowest BCUT2D eigenvalue weighted by Crippen LogP contribution is -2.08. The van der Waals surface area contributed by atoms with E-state index in [-0.39, 0.29) is 0 Å². The Morgan fingerprint density at radius 2 is 1.86 bits per heavy atom. The summed E-state index contributed by atoms with van der Waals surface area (Å²) in [6.45, 7) is 0.492. The summed E-state index contributed by atoms with van der Waals surface area (Å²) in [5.41, 5.74) is 2.01. The Bertz CT molecular complexity index is 677. The van der Waals surface area contributed by atoms with Gasteiger partial charge in [0, 0.05) is 21.1 Å². The van der Waals surface area contributed by atoms with Gasteiger partial charge in [-0.15, -0.1) is 0 Å². The minimum absolute atomic E-state index is 0.417. The lowest BCUT2D eigenvalue weighted by Gasteiger charge is -2.12. The molecule has 2 rings (SSSR count). The van der Waals surface area contributed by atoms with Crippen molar-refractivity contribution in [3.63, 3.8) is 0 Å². The Morgan fingerprint density at radius 3 is 2.57 bits per heavy atom. The van der Waals surface area contributed by atoms with Crippen molar-refractivity contribution >= 4 is 50.8 Å². The standard InChI is InChI=1S/C15H12BrCl2NO2/c1-21-15(20)12-4-2-11(18)7-14(12)19-8-9-6-10(17)3-5-13(9)16/h2-7,19H,8H2,1H3. The van der Waals surface area contributed by atoms with Gasteiger partial charge in [-0.1, -0.05) is 39.1 Å². The van der Waals surface area contributed by atoms with Gasteiger partial charge in [-0.3, -0.25) is 0 Å². The number of benzene rings is 2. The number of rotatable bonds is 4. The Kier molecular flexibility index (Phi) is 5.51. The van der Waals surface area contributed by atoms with Crippen molar-refractivity contribution < 1.29 is 9.53 Å². The van der Waals surface area contributed by atoms with E-state index in [1.54, 1.807) is 24.3 Å². The fraction of sp³-hybridized carbons (Fsp3) is 0.133. The monoisotopic (exact) mass is 387 g/mol. The first-order chi connectivity index (χ1) is 10.0. The lowest BCUT2D eigenvalue weighted by atomic mass is 10.1. The van der Waals surface area contributed by atoms with Crippen LogP contribution in [0.4, 0.5) is 5.69 Å². The molecule has 0 heterocycles. The van der Waals surface area contributed by atoms with Gasteiger partial charge in [0.2, 0.25) is 0 Å². The highest BCUT2D eigenvalue weighted by Crippen LogP contribution is 2.25. The molecule has 2 aromatic carbocycles. The first-order valence-corrected chi connectivity index (χ1v) is 7.62. The molecule has 6 heteroatoms. The number of nitrogens with one attached hydrogen (secondary N) is 1. The number of esters is 1. The summed E-state index contributed by atoms with van der Waals surface area (Å²) in [4.78, 5) is 11.7. The topological polar surface area (TPSA) is 38.3 Å². The highest BCUT2D eigenvalue weighted by atomic mass is 79.9. The van der Waals surface area contributed by atoms with Crippen LogP contribution in [-0.4, -0.2) is 13.1 Å². The van der Waals surface area contributed by atoms with E-state index in [0.29, 0.717) is 27.8 Å². The fourth-order valence-electron chi connectivity index (χ4n) is 1.82. The molecule has 0 saturated heterocycles. The summed E-state index contributed by atoms with van der Waals surface area (Å²) in [6, 6.07) is 10.5. The van der Waals surface area contributed by atoms with Gasteiger partial charge in [0.15, 0.2) is 0 Å². The predicted molar refractivity (Wildman–Crippen MR) is 89.3 cm³/mol. The molecule has 0 saturated carbocycles. The maximum absolute atomic E-state index is 11.7. The van der Waals surface area contributed by atoms with Crippen LogP contribution in [0.25, 0.3) is 0 Å². The summed E-state index contributed by atoms with van der Waals surface area (Å²) in [7, 11) is 1.34. The second-order valence-electron chi connectivity index (χ2n) is 4.27. The van der Waals surface area contributed by atoms with Crippen LogP contribution in [0.3, 0.4) is 0 Å². The molecule has 0 atom stereocenters. The Balaban J connectivity index is 2.25. The quantitative estimate of drug-likeness (QED) is 0.735. The van der Waals surface area contributed by atoms with Crippen molar-refractivity contribution in [2.75, 3.05) is 12.4 Å². The number of hydrogen-bond acceptors (Lipinski definition) is 3. The van der Waals surface area contributed by atoms with Crippen LogP contribution in [0.5, 0.6) is 0 Å². The van der Waals surface area contributed by atoms with Gasteiger partial charge in [-0.25, -0.2) is 4.79 Å². The average molecular weight is 389 g/mol. The van der Waals surface area contributed by atoms with E-state index < -0.39 is 5.97 Å². The van der Waals surface area contributed by atoms with Crippen LogP contribution in [0.15, 0.2) is 40.9 Å². The zero-order chi connectivity index (χ0) is 15.4. The number of anilines is 1. The molecule has 0 aliphatic heterocycles. The van der Waals surface area contributed by atoms with E-state index in [1.165, 1.54) is 7.11 Å². The van der Waals surface area contributed by atoms with Crippen LogP contribution in [0, 0.1) is 0 Å². The molecule has 0 aliphatic rings. The van der Waals surface area contributed by atoms with Crippen molar-refractivity contribution in [2.24, 2.45) is 0 Å². The Hall–Kier alpha value is -1.23. The first-order valence-electron chi connectivity index (χ1n) is 6.07. The van der Waals surface area contributed by atoms with Crippen molar-refractivity contribution in [2.45, 2.75) is 6.54 Å². The number of hydrogen-bond donors (Lipinski definition) is 1. The van der Waals surface area contributed by atoms with Crippen LogP contribution in [0.1, 0.15) is 15.9 Å². The van der Waals surface area contributed by atoms with Crippen LogP contribution < -0.4 is 5.32 Å². The zero-order valence-corrected chi connectivity index (χ0v) is 14.2. The van der Waals surface area contributed by atoms with Gasteiger partial charge in [-0.05, 0) is 42.0 Å². The maximum Gasteiger partial charge on any atom is 0.339 e. The van der Waals surface area contributed by atoms with Gasteiger partial charge in [0.25, 0.3) is 0 Å². The normalized spacial score (nSPS) is 10.3. The van der Waals surface area contributed by atoms with Gasteiger partial charge < -0.3 is 10.1 Å². The second-order valence-corrected chi connectivity index (χ2v) is 6.00. The van der Waals surface area contributed by atoms with E-state index >= 15 is 0 Å². The summed E-state index contributed by atoms with van der Waals surface area (Å²) in [6.07, 6.45) is 0. The third kappa shape index (κ3) is 4.13. The number of methoxy groups -OCH3 is 1. The molecule has 0 unspecified atom stereocenters. The third-order valence-corrected chi connectivity index (χ3v) is 4.11. The molecule has 110 valence electrons. The highest BCUT2D eigenvalue weighted by Gasteiger charge is 2.12. The predicted octanol–water partition coefficient (Wildman–Crippen LogP) is 5.15. The Labute approximate surface area is 141 Å². The van der Waals surface area contributed by atoms with Crippen molar-refractivity contribution in [1.82, 2.24) is 0 Å². The number of carbonyl (C=O) groups excluding carboxylic acids is 1. The molecule has 0 bridgehead atoms. The van der Waals surface area contributed by atoms with Crippen LogP contribution in [-0.2, 0) is 11.3 Å². The average Bonchev–Trinajstić information content (AvgIpc) is 2.47. The molecule has 21 heavy (non-hydrogen) atoms. The Morgan fingerprint density at radius 1 is 1.19 bits per heavy atom. The van der Waals surface area contributed by atoms with E-state index in [9.17, 15) is 4.79 Å². The maximum atomic E-state index is 11.7. The van der Waals surface area contributed by atoms with E-state index in [1.807, 2.05) is 12.1 Å². The van der Waals surface area contributed by atoms with E-state index in [2.05, 4.69) is 21.2 Å². The molecule has 0 aliphatic carbocycles. The fourth-order valence-corrected chi connectivity index (χ4v) is 2.57. The first kappa shape index (κ1) is 16.1. The molecule has 0 fully saturated rings. The minimum atomic E-state index is -0.417. The molecule has 0 amide bonds. The zero-order valence-electron chi connectivity index (χ0n) is 11.1. The molecule has 1 N–H and O–H groups in total. The largest absolute Gasteiger partial charge is 0.465 e. The number of ether oxygens (including phenoxy) is 1. The molecular weight excluding hydrogens is 377 g/mol. The van der Waals surface area contributed by atoms with Crippen molar-refractivity contribution in [3.05, 3.63) is 62.0 Å². The summed E-state index contributed by atoms with van der Waals surface area (Å²) in [5, 5.41) is 4.36. The summed E-state index contributed by atoms with van der Waals surface area (Å²) < 4.78 is 5.69. The molecule has 3 nitrogen and oxygen atoms in total. The SMILES string of the molecule is COC(=O)c1ccc(Cl)cc1NCc1cc(Cl)ccc1Br. The van der Waals surface area contributed by atoms with Crippen LogP contribution >= 0.6 is 39.1 Å². The summed E-state index contributed by atoms with van der Waals surface area (Å²) in [5.74, 6) is -0.417. The molecule has 0 radical (unpaired) electrons. The van der Waals surface area contributed by atoms with Gasteiger partial charge >= 0.3 is 5.97 Å². The molecular formula is C15H12BrCl2NO2. The third-order valence-electron chi connectivity index (χ3n) is 2.86. The van der Waals surface area contributed by atoms with E-state index in [0.717, 1.165) is 10.0 Å². The smallest absolute Gasteiger partial charge is 0.339 e.